The summed E-state index contributed by atoms with van der Waals surface area (Å²) in [4.78, 5) is 13.1. The SMILES string of the molecule is C=C1C(c2ccccc2)CC(=O)N1C. The second-order valence-corrected chi connectivity index (χ2v) is 3.61. The summed E-state index contributed by atoms with van der Waals surface area (Å²) in [6.07, 6.45) is 0.555. The van der Waals surface area contributed by atoms with Crippen LogP contribution in [0.5, 0.6) is 0 Å². The van der Waals surface area contributed by atoms with E-state index in [2.05, 4.69) is 6.58 Å². The van der Waals surface area contributed by atoms with Crippen LogP contribution in [0.3, 0.4) is 0 Å². The number of hydrogen-bond acceptors (Lipinski definition) is 1. The molecule has 1 aromatic rings. The summed E-state index contributed by atoms with van der Waals surface area (Å²) in [5.41, 5.74) is 2.08. The van der Waals surface area contributed by atoms with Crippen molar-refractivity contribution in [3.63, 3.8) is 0 Å². The van der Waals surface area contributed by atoms with Gasteiger partial charge in [0.05, 0.1) is 0 Å². The number of allylic oxidation sites excluding steroid dienone is 1. The molecule has 2 rings (SSSR count). The number of amides is 1. The summed E-state index contributed by atoms with van der Waals surface area (Å²) in [6.45, 7) is 3.95. The maximum Gasteiger partial charge on any atom is 0.227 e. The second-order valence-electron chi connectivity index (χ2n) is 3.61. The third-order valence-corrected chi connectivity index (χ3v) is 2.79. The first-order chi connectivity index (χ1) is 6.70. The van der Waals surface area contributed by atoms with Crippen molar-refractivity contribution >= 4 is 5.91 Å². The first kappa shape index (κ1) is 9.00. The van der Waals surface area contributed by atoms with E-state index in [0.717, 1.165) is 5.70 Å². The van der Waals surface area contributed by atoms with Gasteiger partial charge in [-0.1, -0.05) is 36.9 Å². The minimum Gasteiger partial charge on any atom is -0.319 e. The van der Waals surface area contributed by atoms with E-state index in [9.17, 15) is 4.79 Å². The van der Waals surface area contributed by atoms with Crippen molar-refractivity contribution in [1.29, 1.82) is 0 Å². The van der Waals surface area contributed by atoms with Crippen molar-refractivity contribution in [3.05, 3.63) is 48.2 Å². The van der Waals surface area contributed by atoms with E-state index in [4.69, 9.17) is 0 Å². The van der Waals surface area contributed by atoms with Gasteiger partial charge in [-0.25, -0.2) is 0 Å². The van der Waals surface area contributed by atoms with Gasteiger partial charge in [-0.2, -0.15) is 0 Å². The molecule has 2 nitrogen and oxygen atoms in total. The molecule has 1 aliphatic rings. The highest BCUT2D eigenvalue weighted by molar-refractivity contribution is 5.83. The van der Waals surface area contributed by atoms with Crippen molar-refractivity contribution in [2.75, 3.05) is 7.05 Å². The molecule has 2 heteroatoms. The number of benzene rings is 1. The van der Waals surface area contributed by atoms with Gasteiger partial charge >= 0.3 is 0 Å². The summed E-state index contributed by atoms with van der Waals surface area (Å²) in [6, 6.07) is 10.0. The maximum absolute atomic E-state index is 11.4. The van der Waals surface area contributed by atoms with Crippen molar-refractivity contribution in [2.24, 2.45) is 0 Å². The normalized spacial score (nSPS) is 21.8. The zero-order valence-electron chi connectivity index (χ0n) is 8.23. The molecule has 1 aromatic carbocycles. The Labute approximate surface area is 83.8 Å². The van der Waals surface area contributed by atoms with Gasteiger partial charge in [-0.15, -0.1) is 0 Å². The summed E-state index contributed by atoms with van der Waals surface area (Å²) < 4.78 is 0. The van der Waals surface area contributed by atoms with Crippen molar-refractivity contribution in [2.45, 2.75) is 12.3 Å². The van der Waals surface area contributed by atoms with Gasteiger partial charge in [0, 0.05) is 25.1 Å². The second kappa shape index (κ2) is 3.29. The average molecular weight is 187 g/mol. The van der Waals surface area contributed by atoms with Gasteiger partial charge in [0.25, 0.3) is 0 Å². The van der Waals surface area contributed by atoms with Gasteiger partial charge in [0.2, 0.25) is 5.91 Å². The Morgan fingerprint density at radius 3 is 2.50 bits per heavy atom. The van der Waals surface area contributed by atoms with Gasteiger partial charge in [-0.3, -0.25) is 4.79 Å². The molecule has 0 spiro atoms. The molecule has 1 amide bonds. The Balaban J connectivity index is 2.30. The fraction of sp³-hybridized carbons (Fsp3) is 0.250. The van der Waals surface area contributed by atoms with Crippen LogP contribution < -0.4 is 0 Å². The first-order valence-corrected chi connectivity index (χ1v) is 4.70. The van der Waals surface area contributed by atoms with Gasteiger partial charge < -0.3 is 4.90 Å². The van der Waals surface area contributed by atoms with Crippen LogP contribution in [0.4, 0.5) is 0 Å². The number of hydrogen-bond donors (Lipinski definition) is 0. The highest BCUT2D eigenvalue weighted by Gasteiger charge is 2.31. The van der Waals surface area contributed by atoms with E-state index >= 15 is 0 Å². The summed E-state index contributed by atoms with van der Waals surface area (Å²) in [7, 11) is 1.79. The van der Waals surface area contributed by atoms with Crippen LogP contribution in [0.15, 0.2) is 42.6 Å². The number of nitrogens with zero attached hydrogens (tertiary/aromatic N) is 1. The van der Waals surface area contributed by atoms with Crippen LogP contribution in [0.2, 0.25) is 0 Å². The summed E-state index contributed by atoms with van der Waals surface area (Å²) in [5, 5.41) is 0. The Hall–Kier alpha value is -1.57. The van der Waals surface area contributed by atoms with Crippen LogP contribution in [0, 0.1) is 0 Å². The first-order valence-electron chi connectivity index (χ1n) is 4.70. The lowest BCUT2D eigenvalue weighted by Crippen LogP contribution is -2.16. The number of likely N-dealkylation sites (tertiary alicyclic amines) is 1. The van der Waals surface area contributed by atoms with E-state index in [1.807, 2.05) is 30.3 Å². The topological polar surface area (TPSA) is 20.3 Å². The van der Waals surface area contributed by atoms with Gasteiger partial charge in [0.1, 0.15) is 0 Å². The van der Waals surface area contributed by atoms with E-state index in [0.29, 0.717) is 6.42 Å². The zero-order valence-corrected chi connectivity index (χ0v) is 8.23. The lowest BCUT2D eigenvalue weighted by atomic mass is 9.96. The quantitative estimate of drug-likeness (QED) is 0.659. The number of carbonyl (C=O) groups excluding carboxylic acids is 1. The Morgan fingerprint density at radius 1 is 1.36 bits per heavy atom. The molecule has 14 heavy (non-hydrogen) atoms. The lowest BCUT2D eigenvalue weighted by molar-refractivity contribution is -0.125. The molecule has 1 unspecified atom stereocenters. The third kappa shape index (κ3) is 1.33. The van der Waals surface area contributed by atoms with Gasteiger partial charge in [0.15, 0.2) is 0 Å². The van der Waals surface area contributed by atoms with Crippen LogP contribution in [-0.2, 0) is 4.79 Å². The smallest absolute Gasteiger partial charge is 0.227 e. The maximum atomic E-state index is 11.4. The molecule has 1 aliphatic heterocycles. The summed E-state index contributed by atoms with van der Waals surface area (Å²) >= 11 is 0. The molecule has 1 atom stereocenters. The average Bonchev–Trinajstić information content (AvgIpc) is 2.47. The monoisotopic (exact) mass is 187 g/mol. The molecule has 1 heterocycles. The fourth-order valence-electron chi connectivity index (χ4n) is 1.82. The minimum absolute atomic E-state index is 0.156. The molecule has 0 aromatic heterocycles. The molecular formula is C12H13NO. The molecule has 0 saturated carbocycles. The summed E-state index contributed by atoms with van der Waals surface area (Å²) in [5.74, 6) is 0.331. The molecule has 0 N–H and O–H groups in total. The van der Waals surface area contributed by atoms with Crippen LogP contribution in [-0.4, -0.2) is 17.9 Å². The molecule has 0 aliphatic carbocycles. The molecule has 1 fully saturated rings. The molecule has 1 saturated heterocycles. The largest absolute Gasteiger partial charge is 0.319 e. The predicted octanol–water partition coefficient (Wildman–Crippen LogP) is 2.15. The standard InChI is InChI=1S/C12H13NO/c1-9-11(8-12(14)13(9)2)10-6-4-3-5-7-10/h3-7,11H,1,8H2,2H3. The number of likely N-dealkylation sites (N-methyl/N-ethyl adjacent to an activating group) is 1. The highest BCUT2D eigenvalue weighted by atomic mass is 16.2. The molecular weight excluding hydrogens is 174 g/mol. The van der Waals surface area contributed by atoms with Crippen molar-refractivity contribution in [1.82, 2.24) is 4.90 Å². The highest BCUT2D eigenvalue weighted by Crippen LogP contribution is 2.34. The molecule has 0 bridgehead atoms. The van der Waals surface area contributed by atoms with Crippen LogP contribution >= 0.6 is 0 Å². The van der Waals surface area contributed by atoms with E-state index in [-0.39, 0.29) is 11.8 Å². The third-order valence-electron chi connectivity index (χ3n) is 2.79. The van der Waals surface area contributed by atoms with Gasteiger partial charge in [-0.05, 0) is 5.56 Å². The van der Waals surface area contributed by atoms with E-state index in [1.54, 1.807) is 11.9 Å². The van der Waals surface area contributed by atoms with Crippen molar-refractivity contribution < 1.29 is 4.79 Å². The van der Waals surface area contributed by atoms with Crippen molar-refractivity contribution in [3.8, 4) is 0 Å². The Kier molecular flexibility index (Phi) is 2.12. The minimum atomic E-state index is 0.156. The Bertz CT molecular complexity index is 369. The predicted molar refractivity (Wildman–Crippen MR) is 55.7 cm³/mol. The fourth-order valence-corrected chi connectivity index (χ4v) is 1.82. The van der Waals surface area contributed by atoms with Crippen LogP contribution in [0.1, 0.15) is 17.9 Å². The lowest BCUT2D eigenvalue weighted by Gasteiger charge is -2.13. The van der Waals surface area contributed by atoms with E-state index in [1.165, 1.54) is 5.56 Å². The zero-order chi connectivity index (χ0) is 10.1. The van der Waals surface area contributed by atoms with E-state index < -0.39 is 0 Å². The molecule has 0 radical (unpaired) electrons. The van der Waals surface area contributed by atoms with Crippen LogP contribution in [0.25, 0.3) is 0 Å². The molecule has 72 valence electrons. The number of rotatable bonds is 1. The number of carbonyl (C=O) groups is 1. The Morgan fingerprint density at radius 2 is 2.00 bits per heavy atom.